The predicted molar refractivity (Wildman–Crippen MR) is 85.6 cm³/mol. The normalized spacial score (nSPS) is 12.2. The molecule has 0 heterocycles. The van der Waals surface area contributed by atoms with Gasteiger partial charge >= 0.3 is 5.97 Å². The van der Waals surface area contributed by atoms with Gasteiger partial charge in [0.1, 0.15) is 8.07 Å². The molecule has 0 saturated carbocycles. The summed E-state index contributed by atoms with van der Waals surface area (Å²) in [5, 5.41) is 11.4. The summed E-state index contributed by atoms with van der Waals surface area (Å²) in [7, 11) is -2.03. The lowest BCUT2D eigenvalue weighted by Crippen LogP contribution is -2.43. The Bertz CT molecular complexity index is 616. The minimum Gasteiger partial charge on any atom is -0.478 e. The van der Waals surface area contributed by atoms with Crippen LogP contribution >= 0.6 is 0 Å². The van der Waals surface area contributed by atoms with Crippen molar-refractivity contribution in [2.24, 2.45) is 0 Å². The Morgan fingerprint density at radius 3 is 1.95 bits per heavy atom. The van der Waals surface area contributed by atoms with E-state index in [-0.39, 0.29) is 0 Å². The van der Waals surface area contributed by atoms with E-state index in [1.165, 1.54) is 11.3 Å². The summed E-state index contributed by atoms with van der Waals surface area (Å²) < 4.78 is 0. The van der Waals surface area contributed by atoms with Gasteiger partial charge in [0.2, 0.25) is 0 Å². The third-order valence-corrected chi connectivity index (χ3v) is 7.08. The first-order chi connectivity index (χ1) is 9.51. The number of aliphatic carboxylic acids is 1. The Morgan fingerprint density at radius 1 is 0.950 bits per heavy atom. The zero-order valence-electron chi connectivity index (χ0n) is 11.7. The summed E-state index contributed by atoms with van der Waals surface area (Å²) >= 11 is 0. The fourth-order valence-corrected chi connectivity index (χ4v) is 5.09. The van der Waals surface area contributed by atoms with E-state index in [9.17, 15) is 9.90 Å². The van der Waals surface area contributed by atoms with Gasteiger partial charge in [0, 0.05) is 6.08 Å². The first-order valence-electron chi connectivity index (χ1n) is 6.58. The van der Waals surface area contributed by atoms with Gasteiger partial charge in [0.05, 0.1) is 0 Å². The minimum atomic E-state index is -2.03. The van der Waals surface area contributed by atoms with Crippen molar-refractivity contribution in [1.82, 2.24) is 0 Å². The summed E-state index contributed by atoms with van der Waals surface area (Å²) in [4.78, 5) is 11.2. The molecule has 2 aromatic carbocycles. The largest absolute Gasteiger partial charge is 0.478 e. The molecule has 0 aliphatic rings. The molecule has 0 saturated heterocycles. The van der Waals surface area contributed by atoms with Crippen LogP contribution in [-0.2, 0) is 4.79 Å². The Labute approximate surface area is 120 Å². The molecule has 2 rings (SSSR count). The SMILES string of the molecule is C[Si](C)(/C(=C/C(=O)O)c1ccccc1)c1ccccc1. The van der Waals surface area contributed by atoms with E-state index in [0.717, 1.165) is 10.8 Å². The van der Waals surface area contributed by atoms with E-state index >= 15 is 0 Å². The number of benzene rings is 2. The van der Waals surface area contributed by atoms with E-state index in [1.54, 1.807) is 0 Å². The summed E-state index contributed by atoms with van der Waals surface area (Å²) in [5.41, 5.74) is 0.996. The number of carboxylic acids is 1. The maximum absolute atomic E-state index is 11.2. The third-order valence-electron chi connectivity index (χ3n) is 3.52. The van der Waals surface area contributed by atoms with Crippen molar-refractivity contribution in [3.63, 3.8) is 0 Å². The van der Waals surface area contributed by atoms with Gasteiger partial charge in [-0.1, -0.05) is 78.9 Å². The number of hydrogen-bond donors (Lipinski definition) is 1. The first kappa shape index (κ1) is 14.3. The van der Waals surface area contributed by atoms with Crippen LogP contribution in [0.1, 0.15) is 5.56 Å². The molecule has 2 nitrogen and oxygen atoms in total. The molecule has 0 spiro atoms. The van der Waals surface area contributed by atoms with Gasteiger partial charge in [-0.05, 0) is 10.8 Å². The van der Waals surface area contributed by atoms with Crippen LogP contribution in [0.15, 0.2) is 66.7 Å². The molecule has 1 N–H and O–H groups in total. The maximum atomic E-state index is 11.2. The predicted octanol–water partition coefficient (Wildman–Crippen LogP) is 3.31. The second kappa shape index (κ2) is 5.88. The quantitative estimate of drug-likeness (QED) is 0.690. The smallest absolute Gasteiger partial charge is 0.328 e. The molecule has 102 valence electrons. The Hall–Kier alpha value is -2.13. The topological polar surface area (TPSA) is 37.3 Å². The van der Waals surface area contributed by atoms with Crippen molar-refractivity contribution in [2.45, 2.75) is 13.1 Å². The van der Waals surface area contributed by atoms with E-state index in [1.807, 2.05) is 48.5 Å². The Balaban J connectivity index is 2.56. The standard InChI is InChI=1S/C17H18O2Si/c1-20(2,15-11-7-4-8-12-15)16(13-17(18)19)14-9-5-3-6-10-14/h3-13H,1-2H3,(H,18,19)/b16-13+. The molecular weight excluding hydrogens is 264 g/mol. The molecular formula is C17H18O2Si. The summed E-state index contributed by atoms with van der Waals surface area (Å²) in [6.45, 7) is 4.37. The van der Waals surface area contributed by atoms with Gasteiger partial charge in [0.25, 0.3) is 0 Å². The zero-order chi connectivity index (χ0) is 14.6. The molecule has 0 fully saturated rings. The Kier molecular flexibility index (Phi) is 4.20. The number of carboxylic acid groups (broad SMARTS) is 1. The van der Waals surface area contributed by atoms with Crippen LogP contribution in [0.4, 0.5) is 0 Å². The summed E-state index contributed by atoms with van der Waals surface area (Å²) in [6.07, 6.45) is 1.37. The molecule has 0 amide bonds. The fourth-order valence-electron chi connectivity index (χ4n) is 2.38. The van der Waals surface area contributed by atoms with Crippen LogP contribution in [0, 0.1) is 0 Å². The van der Waals surface area contributed by atoms with E-state index in [2.05, 4.69) is 25.2 Å². The molecule has 20 heavy (non-hydrogen) atoms. The van der Waals surface area contributed by atoms with Gasteiger partial charge in [-0.2, -0.15) is 0 Å². The first-order valence-corrected chi connectivity index (χ1v) is 9.58. The van der Waals surface area contributed by atoms with Gasteiger partial charge in [-0.25, -0.2) is 4.79 Å². The van der Waals surface area contributed by atoms with Crippen molar-refractivity contribution in [2.75, 3.05) is 0 Å². The zero-order valence-corrected chi connectivity index (χ0v) is 12.7. The molecule has 0 radical (unpaired) electrons. The molecule has 0 aliphatic carbocycles. The van der Waals surface area contributed by atoms with E-state index in [0.29, 0.717) is 0 Å². The highest BCUT2D eigenvalue weighted by atomic mass is 28.3. The van der Waals surface area contributed by atoms with E-state index in [4.69, 9.17) is 0 Å². The fraction of sp³-hybridized carbons (Fsp3) is 0.118. The highest BCUT2D eigenvalue weighted by molar-refractivity contribution is 7.04. The van der Waals surface area contributed by atoms with Gasteiger partial charge in [-0.15, -0.1) is 0 Å². The van der Waals surface area contributed by atoms with Crippen LogP contribution in [0.3, 0.4) is 0 Å². The lowest BCUT2D eigenvalue weighted by atomic mass is 10.2. The summed E-state index contributed by atoms with van der Waals surface area (Å²) in [5.74, 6) is -0.889. The van der Waals surface area contributed by atoms with Crippen molar-refractivity contribution < 1.29 is 9.90 Å². The van der Waals surface area contributed by atoms with Crippen LogP contribution in [0.25, 0.3) is 5.20 Å². The second-order valence-electron chi connectivity index (χ2n) is 5.25. The lowest BCUT2D eigenvalue weighted by molar-refractivity contribution is -0.131. The number of hydrogen-bond acceptors (Lipinski definition) is 1. The maximum Gasteiger partial charge on any atom is 0.328 e. The number of carbonyl (C=O) groups is 1. The molecule has 3 heteroatoms. The van der Waals surface area contributed by atoms with Crippen molar-refractivity contribution in [1.29, 1.82) is 0 Å². The van der Waals surface area contributed by atoms with Crippen LogP contribution in [-0.4, -0.2) is 19.1 Å². The molecule has 2 aromatic rings. The second-order valence-corrected chi connectivity index (χ2v) is 9.62. The highest BCUT2D eigenvalue weighted by Gasteiger charge is 2.29. The van der Waals surface area contributed by atoms with Crippen molar-refractivity contribution >= 4 is 24.4 Å². The number of rotatable bonds is 4. The average Bonchev–Trinajstić information content (AvgIpc) is 2.46. The molecule has 0 bridgehead atoms. The van der Waals surface area contributed by atoms with Gasteiger partial charge in [-0.3, -0.25) is 0 Å². The molecule has 0 atom stereocenters. The van der Waals surface area contributed by atoms with Crippen LogP contribution in [0.5, 0.6) is 0 Å². The van der Waals surface area contributed by atoms with Gasteiger partial charge < -0.3 is 5.11 Å². The third kappa shape index (κ3) is 3.06. The minimum absolute atomic E-state index is 0.889. The monoisotopic (exact) mass is 282 g/mol. The summed E-state index contributed by atoms with van der Waals surface area (Å²) in [6, 6.07) is 20.0. The highest BCUT2D eigenvalue weighted by Crippen LogP contribution is 2.25. The van der Waals surface area contributed by atoms with Crippen LogP contribution in [0.2, 0.25) is 13.1 Å². The van der Waals surface area contributed by atoms with Crippen molar-refractivity contribution in [3.05, 3.63) is 72.3 Å². The molecule has 0 unspecified atom stereocenters. The van der Waals surface area contributed by atoms with E-state index < -0.39 is 14.0 Å². The Morgan fingerprint density at radius 2 is 1.45 bits per heavy atom. The lowest BCUT2D eigenvalue weighted by Gasteiger charge is -2.26. The average molecular weight is 282 g/mol. The molecule has 0 aliphatic heterocycles. The van der Waals surface area contributed by atoms with Gasteiger partial charge in [0.15, 0.2) is 0 Å². The molecule has 0 aromatic heterocycles. The van der Waals surface area contributed by atoms with Crippen LogP contribution < -0.4 is 5.19 Å². The van der Waals surface area contributed by atoms with Crippen molar-refractivity contribution in [3.8, 4) is 0 Å².